The summed E-state index contributed by atoms with van der Waals surface area (Å²) < 4.78 is 12.9. The second-order valence-corrected chi connectivity index (χ2v) is 8.36. The Morgan fingerprint density at radius 1 is 0.933 bits per heavy atom. The van der Waals surface area contributed by atoms with E-state index in [4.69, 9.17) is 9.15 Å². The van der Waals surface area contributed by atoms with Crippen LogP contribution in [0.1, 0.15) is 17.9 Å². The molecule has 0 aliphatic carbocycles. The first-order valence-corrected chi connectivity index (χ1v) is 10.8. The molecule has 0 atom stereocenters. The summed E-state index contributed by atoms with van der Waals surface area (Å²) in [6, 6.07) is 19.7. The molecule has 1 aromatic heterocycles. The van der Waals surface area contributed by atoms with Crippen molar-refractivity contribution in [3.63, 3.8) is 0 Å². The molecule has 0 radical (unpaired) electrons. The van der Waals surface area contributed by atoms with E-state index in [9.17, 15) is 4.79 Å². The summed E-state index contributed by atoms with van der Waals surface area (Å²) in [6.07, 6.45) is 3.80. The smallest absolute Gasteiger partial charge is 0.310 e. The number of esters is 1. The minimum atomic E-state index is -0.362. The average molecular weight is 528 g/mol. The van der Waals surface area contributed by atoms with Crippen LogP contribution in [0, 0.1) is 0 Å². The molecule has 30 heavy (non-hydrogen) atoms. The van der Waals surface area contributed by atoms with Crippen LogP contribution in [0.5, 0.6) is 0 Å². The Kier molecular flexibility index (Phi) is 6.40. The van der Waals surface area contributed by atoms with E-state index in [2.05, 4.69) is 42.1 Å². The van der Waals surface area contributed by atoms with Gasteiger partial charge >= 0.3 is 5.97 Å². The van der Waals surface area contributed by atoms with Gasteiger partial charge in [-0.05, 0) is 52.7 Å². The van der Waals surface area contributed by atoms with Gasteiger partial charge in [0.25, 0.3) is 5.89 Å². The van der Waals surface area contributed by atoms with Gasteiger partial charge in [0.05, 0.1) is 6.42 Å². The standard InChI is InChI=1S/C23H16Br2N2O3/c24-19-9-4-15(5-10-19)2-1-3-22(28)29-14-21-26-27-23(30-21)18-7-6-17-13-20(25)11-8-16(17)12-18/h1-2,4-13H,3,14H2/b2-1+. The zero-order valence-electron chi connectivity index (χ0n) is 15.7. The molecule has 150 valence electrons. The molecule has 1 heterocycles. The summed E-state index contributed by atoms with van der Waals surface area (Å²) in [7, 11) is 0. The van der Waals surface area contributed by atoms with Crippen molar-refractivity contribution in [1.29, 1.82) is 0 Å². The molecule has 0 amide bonds. The van der Waals surface area contributed by atoms with Gasteiger partial charge in [-0.3, -0.25) is 4.79 Å². The van der Waals surface area contributed by atoms with Gasteiger partial charge in [-0.15, -0.1) is 10.2 Å². The van der Waals surface area contributed by atoms with Gasteiger partial charge in [0.1, 0.15) is 0 Å². The lowest BCUT2D eigenvalue weighted by atomic mass is 10.1. The fourth-order valence-corrected chi connectivity index (χ4v) is 3.49. The molecule has 0 fully saturated rings. The van der Waals surface area contributed by atoms with Gasteiger partial charge in [-0.2, -0.15) is 0 Å². The Morgan fingerprint density at radius 3 is 2.50 bits per heavy atom. The van der Waals surface area contributed by atoms with Crippen molar-refractivity contribution >= 4 is 54.7 Å². The van der Waals surface area contributed by atoms with Gasteiger partial charge in [0.2, 0.25) is 5.89 Å². The van der Waals surface area contributed by atoms with Gasteiger partial charge in [-0.1, -0.05) is 68.3 Å². The number of fused-ring (bicyclic) bond motifs is 1. The molecule has 3 aromatic carbocycles. The van der Waals surface area contributed by atoms with Crippen LogP contribution in [0.3, 0.4) is 0 Å². The van der Waals surface area contributed by atoms with E-state index >= 15 is 0 Å². The molecule has 0 saturated heterocycles. The van der Waals surface area contributed by atoms with Crippen molar-refractivity contribution in [2.24, 2.45) is 0 Å². The van der Waals surface area contributed by atoms with E-state index in [1.165, 1.54) is 0 Å². The summed E-state index contributed by atoms with van der Waals surface area (Å²) in [6.45, 7) is -0.0571. The zero-order chi connectivity index (χ0) is 20.9. The van der Waals surface area contributed by atoms with Gasteiger partial charge < -0.3 is 9.15 Å². The molecule has 0 spiro atoms. The number of ether oxygens (including phenoxy) is 1. The minimum absolute atomic E-state index is 0.0571. The molecule has 0 N–H and O–H groups in total. The van der Waals surface area contributed by atoms with E-state index in [1.54, 1.807) is 6.08 Å². The molecule has 0 unspecified atom stereocenters. The number of hydrogen-bond donors (Lipinski definition) is 0. The Balaban J connectivity index is 1.33. The van der Waals surface area contributed by atoms with E-state index in [0.29, 0.717) is 5.89 Å². The number of carbonyl (C=O) groups is 1. The molecule has 0 aliphatic heterocycles. The maximum Gasteiger partial charge on any atom is 0.310 e. The quantitative estimate of drug-likeness (QED) is 0.265. The Hall–Kier alpha value is -2.77. The lowest BCUT2D eigenvalue weighted by Crippen LogP contribution is -2.03. The SMILES string of the molecule is O=C(C/C=C/c1ccc(Br)cc1)OCc1nnc(-c2ccc3cc(Br)ccc3c2)o1. The highest BCUT2D eigenvalue weighted by Gasteiger charge is 2.11. The number of hydrogen-bond acceptors (Lipinski definition) is 5. The van der Waals surface area contributed by atoms with Crippen LogP contribution in [0.25, 0.3) is 28.3 Å². The summed E-state index contributed by atoms with van der Waals surface area (Å²) in [4.78, 5) is 11.9. The van der Waals surface area contributed by atoms with Crippen molar-refractivity contribution in [1.82, 2.24) is 10.2 Å². The van der Waals surface area contributed by atoms with Crippen LogP contribution in [0.4, 0.5) is 0 Å². The molecule has 0 bridgehead atoms. The number of benzene rings is 3. The second kappa shape index (κ2) is 9.36. The fraction of sp³-hybridized carbons (Fsp3) is 0.0870. The van der Waals surface area contributed by atoms with Crippen molar-refractivity contribution in [2.45, 2.75) is 13.0 Å². The Bertz CT molecular complexity index is 1220. The van der Waals surface area contributed by atoms with Crippen LogP contribution in [0.2, 0.25) is 0 Å². The molecule has 4 aromatic rings. The summed E-state index contributed by atoms with van der Waals surface area (Å²) in [5, 5.41) is 10.2. The number of carbonyl (C=O) groups excluding carboxylic acids is 1. The highest BCUT2D eigenvalue weighted by atomic mass is 79.9. The van der Waals surface area contributed by atoms with E-state index < -0.39 is 0 Å². The van der Waals surface area contributed by atoms with E-state index in [1.807, 2.05) is 66.7 Å². The third kappa shape index (κ3) is 5.23. The monoisotopic (exact) mass is 526 g/mol. The van der Waals surface area contributed by atoms with Crippen molar-refractivity contribution in [2.75, 3.05) is 0 Å². The molecular weight excluding hydrogens is 512 g/mol. The lowest BCUT2D eigenvalue weighted by molar-refractivity contribution is -0.144. The third-order valence-corrected chi connectivity index (χ3v) is 5.36. The Labute approximate surface area is 190 Å². The molecule has 7 heteroatoms. The normalized spacial score (nSPS) is 11.3. The molecule has 0 aliphatic rings. The first-order valence-electron chi connectivity index (χ1n) is 9.17. The van der Waals surface area contributed by atoms with Crippen molar-refractivity contribution < 1.29 is 13.9 Å². The van der Waals surface area contributed by atoms with E-state index in [0.717, 1.165) is 30.8 Å². The number of halogens is 2. The summed E-state index contributed by atoms with van der Waals surface area (Å²) in [5.74, 6) is 0.284. The van der Waals surface area contributed by atoms with Gasteiger partial charge in [0, 0.05) is 14.5 Å². The first kappa shape index (κ1) is 20.5. The second-order valence-electron chi connectivity index (χ2n) is 6.53. The largest absolute Gasteiger partial charge is 0.455 e. The van der Waals surface area contributed by atoms with Crippen LogP contribution >= 0.6 is 31.9 Å². The number of rotatable bonds is 6. The van der Waals surface area contributed by atoms with Crippen LogP contribution in [0.15, 0.2) is 80.1 Å². The zero-order valence-corrected chi connectivity index (χ0v) is 18.9. The fourth-order valence-electron chi connectivity index (χ4n) is 2.84. The minimum Gasteiger partial charge on any atom is -0.455 e. The number of nitrogens with zero attached hydrogens (tertiary/aromatic N) is 2. The summed E-state index contributed by atoms with van der Waals surface area (Å²) in [5.41, 5.74) is 1.82. The lowest BCUT2D eigenvalue weighted by Gasteiger charge is -2.01. The van der Waals surface area contributed by atoms with Crippen molar-refractivity contribution in [3.8, 4) is 11.5 Å². The van der Waals surface area contributed by atoms with E-state index in [-0.39, 0.29) is 24.9 Å². The van der Waals surface area contributed by atoms with Crippen LogP contribution < -0.4 is 0 Å². The molecular formula is C23H16Br2N2O3. The van der Waals surface area contributed by atoms with Crippen LogP contribution in [-0.4, -0.2) is 16.2 Å². The van der Waals surface area contributed by atoms with Crippen LogP contribution in [-0.2, 0) is 16.1 Å². The predicted octanol–water partition coefficient (Wildman–Crippen LogP) is 6.56. The van der Waals surface area contributed by atoms with Crippen molar-refractivity contribution in [3.05, 3.63) is 87.1 Å². The summed E-state index contributed by atoms with van der Waals surface area (Å²) >= 11 is 6.86. The maximum atomic E-state index is 11.9. The maximum absolute atomic E-state index is 11.9. The molecule has 0 saturated carbocycles. The predicted molar refractivity (Wildman–Crippen MR) is 123 cm³/mol. The topological polar surface area (TPSA) is 65.2 Å². The average Bonchev–Trinajstić information content (AvgIpc) is 3.22. The number of aromatic nitrogens is 2. The van der Waals surface area contributed by atoms with Gasteiger partial charge in [0.15, 0.2) is 6.61 Å². The van der Waals surface area contributed by atoms with Gasteiger partial charge in [-0.25, -0.2) is 0 Å². The Morgan fingerprint density at radius 2 is 1.67 bits per heavy atom. The highest BCUT2D eigenvalue weighted by Crippen LogP contribution is 2.26. The third-order valence-electron chi connectivity index (χ3n) is 4.34. The molecule has 4 rings (SSSR count). The molecule has 5 nitrogen and oxygen atoms in total. The highest BCUT2D eigenvalue weighted by molar-refractivity contribution is 9.10. The first-order chi connectivity index (χ1) is 14.6.